The van der Waals surface area contributed by atoms with Crippen molar-refractivity contribution in [3.63, 3.8) is 0 Å². The Morgan fingerprint density at radius 3 is 1.51 bits per heavy atom. The van der Waals surface area contributed by atoms with Gasteiger partial charge in [-0.2, -0.15) is 10.5 Å². The van der Waals surface area contributed by atoms with Crippen LogP contribution in [-0.4, -0.2) is 28.2 Å². The second kappa shape index (κ2) is 17.0. The van der Waals surface area contributed by atoms with Gasteiger partial charge in [0.1, 0.15) is 29.7 Å². The van der Waals surface area contributed by atoms with Crippen molar-refractivity contribution in [1.29, 1.82) is 10.5 Å². The maximum absolute atomic E-state index is 13.5. The van der Waals surface area contributed by atoms with Gasteiger partial charge in [-0.3, -0.25) is 28.7 Å². The molecular weight excluding hydrogens is 881 g/mol. The van der Waals surface area contributed by atoms with E-state index in [9.17, 15) is 33.2 Å². The molecule has 14 nitrogen and oxygen atoms in total. The Bertz CT molecular complexity index is 3900. The molecule has 4 aromatic carbocycles. The molecule has 0 unspecified atom stereocenters. The number of halogens is 4. The van der Waals surface area contributed by atoms with Gasteiger partial charge in [-0.1, -0.05) is 71.7 Å². The molecule has 0 aliphatic heterocycles. The van der Waals surface area contributed by atoms with E-state index in [0.29, 0.717) is 27.6 Å². The summed E-state index contributed by atoms with van der Waals surface area (Å²) in [7, 11) is 0. The van der Waals surface area contributed by atoms with E-state index in [0.717, 1.165) is 36.6 Å². The fourth-order valence-electron chi connectivity index (χ4n) is 7.52. The highest BCUT2D eigenvalue weighted by Crippen LogP contribution is 2.34. The summed E-state index contributed by atoms with van der Waals surface area (Å²) in [5, 5.41) is 21.4. The van der Waals surface area contributed by atoms with Crippen LogP contribution in [0.15, 0.2) is 150 Å². The number of fused-ring (bicyclic) bond motifs is 4. The molecule has 0 radical (unpaired) electrons. The largest absolute Gasteiger partial charge is 0.449 e. The van der Waals surface area contributed by atoms with E-state index in [1.165, 1.54) is 53.4 Å². The van der Waals surface area contributed by atoms with Gasteiger partial charge in [0.25, 0.3) is 0 Å². The molecule has 65 heavy (non-hydrogen) atoms. The number of nitrogens with zero attached hydrogens (tertiary/aromatic N) is 8. The third-order valence-electron chi connectivity index (χ3n) is 10.5. The van der Waals surface area contributed by atoms with Crippen molar-refractivity contribution in [3.8, 4) is 46.2 Å². The highest BCUT2D eigenvalue weighted by atomic mass is 35.5. The molecule has 10 aromatic rings. The van der Waals surface area contributed by atoms with Crippen LogP contribution in [0.2, 0.25) is 10.0 Å². The normalized spacial score (nSPS) is 11.2. The number of hydrogen-bond donors (Lipinski definition) is 0. The lowest BCUT2D eigenvalue weighted by Gasteiger charge is -2.12. The summed E-state index contributed by atoms with van der Waals surface area (Å²) < 4.78 is 43.0. The average Bonchev–Trinajstić information content (AvgIpc) is 3.95. The molecule has 0 aliphatic rings. The second-order valence-corrected chi connectivity index (χ2v) is 15.1. The standard InChI is InChI=1S/C24H14ClFN4O3.C23H12ClFN4O3/c25-18-10-15(26)6-7-17(18)21-11-19-22(33-21)23(31)30(24(32)29(19)9-3-8-27)20-13-28-12-14-4-1-2-5-16(14)20;24-17-9-14(25)5-6-16(17)20-10-18-21(32-20)22(30)29(23(31)28(18)8-7-26)19-12-27-11-13-3-1-2-4-15(13)19/h1-2,4-7,10-13H,3,9H2;1-6,9-12H,8H2. The van der Waals surface area contributed by atoms with Gasteiger partial charge >= 0.3 is 22.5 Å². The molecular formula is C47H26Cl2F2N8O6. The molecule has 0 amide bonds. The van der Waals surface area contributed by atoms with Crippen LogP contribution >= 0.6 is 23.2 Å². The number of nitriles is 2. The SMILES string of the molecule is N#CCCn1c(=O)n(-c2cncc3ccccc23)c(=O)c2oc(-c3ccc(F)cc3Cl)cc21.N#CCn1c(=O)n(-c2cncc3ccccc23)c(=O)c2oc(-c3ccc(F)cc3Cl)cc21. The first-order valence-electron chi connectivity index (χ1n) is 19.4. The Balaban J connectivity index is 0.000000164. The van der Waals surface area contributed by atoms with Crippen LogP contribution in [-0.2, 0) is 13.1 Å². The molecule has 18 heteroatoms. The first-order valence-corrected chi connectivity index (χ1v) is 20.1. The predicted molar refractivity (Wildman–Crippen MR) is 239 cm³/mol. The first kappa shape index (κ1) is 41.9. The molecule has 0 fully saturated rings. The van der Waals surface area contributed by atoms with E-state index >= 15 is 0 Å². The summed E-state index contributed by atoms with van der Waals surface area (Å²) in [6.07, 6.45) is 6.15. The van der Waals surface area contributed by atoms with Crippen LogP contribution in [0.3, 0.4) is 0 Å². The number of aromatic nitrogens is 6. The molecule has 10 rings (SSSR count). The predicted octanol–water partition coefficient (Wildman–Crippen LogP) is 8.94. The molecule has 6 aromatic heterocycles. The minimum absolute atomic E-state index is 0.0405. The van der Waals surface area contributed by atoms with Gasteiger partial charge in [-0.15, -0.1) is 0 Å². The Morgan fingerprint density at radius 1 is 0.585 bits per heavy atom. The van der Waals surface area contributed by atoms with Gasteiger partial charge in [0, 0.05) is 63.7 Å². The number of furan rings is 2. The summed E-state index contributed by atoms with van der Waals surface area (Å²) in [5.74, 6) is -0.674. The number of rotatable bonds is 7. The van der Waals surface area contributed by atoms with Gasteiger partial charge in [0.2, 0.25) is 11.2 Å². The zero-order chi connectivity index (χ0) is 45.5. The Morgan fingerprint density at radius 2 is 1.05 bits per heavy atom. The fraction of sp³-hybridized carbons (Fsp3) is 0.0638. The van der Waals surface area contributed by atoms with Crippen molar-refractivity contribution in [1.82, 2.24) is 28.2 Å². The highest BCUT2D eigenvalue weighted by Gasteiger charge is 2.24. The van der Waals surface area contributed by atoms with Crippen molar-refractivity contribution < 1.29 is 17.6 Å². The monoisotopic (exact) mass is 906 g/mol. The second-order valence-electron chi connectivity index (χ2n) is 14.3. The van der Waals surface area contributed by atoms with Crippen molar-refractivity contribution in [2.45, 2.75) is 19.5 Å². The Hall–Kier alpha value is -8.44. The zero-order valence-corrected chi connectivity index (χ0v) is 34.7. The molecule has 0 saturated carbocycles. The topological polar surface area (TPSA) is 188 Å². The van der Waals surface area contributed by atoms with Crippen molar-refractivity contribution in [2.75, 3.05) is 0 Å². The van der Waals surface area contributed by atoms with E-state index in [2.05, 4.69) is 9.97 Å². The minimum Gasteiger partial charge on any atom is -0.449 e. The zero-order valence-electron chi connectivity index (χ0n) is 33.2. The smallest absolute Gasteiger partial charge is 0.337 e. The lowest BCUT2D eigenvalue weighted by molar-refractivity contribution is 0.604. The molecule has 0 spiro atoms. The third kappa shape index (κ3) is 7.42. The molecule has 0 saturated heterocycles. The Kier molecular flexibility index (Phi) is 11.0. The van der Waals surface area contributed by atoms with Crippen LogP contribution in [0.5, 0.6) is 0 Å². The molecule has 318 valence electrons. The van der Waals surface area contributed by atoms with E-state index in [1.807, 2.05) is 36.4 Å². The summed E-state index contributed by atoms with van der Waals surface area (Å²) >= 11 is 12.3. The van der Waals surface area contributed by atoms with Crippen molar-refractivity contribution in [2.24, 2.45) is 0 Å². The number of pyridine rings is 2. The fourth-order valence-corrected chi connectivity index (χ4v) is 8.04. The third-order valence-corrected chi connectivity index (χ3v) is 11.1. The van der Waals surface area contributed by atoms with Crippen molar-refractivity contribution >= 4 is 66.9 Å². The Labute approximate surface area is 372 Å². The van der Waals surface area contributed by atoms with Gasteiger partial charge in [0.05, 0.1) is 63.4 Å². The quantitative estimate of drug-likeness (QED) is 0.149. The lowest BCUT2D eigenvalue weighted by Crippen LogP contribution is -2.38. The van der Waals surface area contributed by atoms with Gasteiger partial charge in [-0.25, -0.2) is 27.5 Å². The summed E-state index contributed by atoms with van der Waals surface area (Å²) in [6, 6.07) is 28.8. The maximum atomic E-state index is 13.5. The van der Waals surface area contributed by atoms with E-state index in [4.69, 9.17) is 37.3 Å². The molecule has 0 aliphatic carbocycles. The lowest BCUT2D eigenvalue weighted by atomic mass is 10.1. The van der Waals surface area contributed by atoms with Crippen LogP contribution in [0.4, 0.5) is 8.78 Å². The molecule has 0 bridgehead atoms. The van der Waals surface area contributed by atoms with Crippen LogP contribution in [0, 0.1) is 34.3 Å². The minimum atomic E-state index is -0.709. The van der Waals surface area contributed by atoms with Crippen LogP contribution in [0.25, 0.3) is 77.8 Å². The number of benzene rings is 4. The van der Waals surface area contributed by atoms with Gasteiger partial charge in [-0.05, 0) is 36.4 Å². The summed E-state index contributed by atoms with van der Waals surface area (Å²) in [5.41, 5.74) is -1.30. The highest BCUT2D eigenvalue weighted by molar-refractivity contribution is 6.33. The number of hydrogen-bond acceptors (Lipinski definition) is 10. The van der Waals surface area contributed by atoms with E-state index < -0.39 is 34.1 Å². The molecule has 0 atom stereocenters. The van der Waals surface area contributed by atoms with E-state index in [1.54, 1.807) is 36.7 Å². The first-order chi connectivity index (χ1) is 31.5. The van der Waals surface area contributed by atoms with Gasteiger partial charge < -0.3 is 8.83 Å². The summed E-state index contributed by atoms with van der Waals surface area (Å²) in [4.78, 5) is 62.0. The van der Waals surface area contributed by atoms with Crippen molar-refractivity contribution in [3.05, 3.63) is 185 Å². The van der Waals surface area contributed by atoms with Gasteiger partial charge in [0.15, 0.2) is 0 Å². The average molecular weight is 908 g/mol. The van der Waals surface area contributed by atoms with Crippen LogP contribution in [0.1, 0.15) is 6.42 Å². The number of aryl methyl sites for hydroxylation is 1. The summed E-state index contributed by atoms with van der Waals surface area (Å²) in [6.45, 7) is -0.273. The van der Waals surface area contributed by atoms with Crippen LogP contribution < -0.4 is 22.5 Å². The van der Waals surface area contributed by atoms with E-state index in [-0.39, 0.29) is 69.0 Å². The molecule has 0 N–H and O–H groups in total. The maximum Gasteiger partial charge on any atom is 0.337 e. The molecule has 6 heterocycles.